The van der Waals surface area contributed by atoms with E-state index in [9.17, 15) is 15.0 Å². The van der Waals surface area contributed by atoms with Gasteiger partial charge in [-0.3, -0.25) is 4.90 Å². The molecule has 1 saturated heterocycles. The van der Waals surface area contributed by atoms with E-state index in [1.807, 2.05) is 6.92 Å². The average molecular weight is 280 g/mol. The number of aliphatic hydroxyl groups excluding tert-OH is 1. The molecule has 0 bridgehead atoms. The number of nitrogens with zero attached hydrogens (tertiary/aromatic N) is 1. The molecule has 0 spiro atoms. The van der Waals surface area contributed by atoms with Crippen molar-refractivity contribution in [3.63, 3.8) is 0 Å². The van der Waals surface area contributed by atoms with Gasteiger partial charge in [-0.25, -0.2) is 4.79 Å². The number of nitrogens with two attached hydrogens (primary N) is 1. The van der Waals surface area contributed by atoms with E-state index < -0.39 is 5.97 Å². The number of carbonyl (C=O) groups is 1. The molecule has 6 heteroatoms. The molecule has 2 unspecified atom stereocenters. The van der Waals surface area contributed by atoms with Crippen LogP contribution in [0.1, 0.15) is 22.8 Å². The summed E-state index contributed by atoms with van der Waals surface area (Å²) < 4.78 is 5.57. The van der Waals surface area contributed by atoms with Crippen LogP contribution in [0.25, 0.3) is 0 Å². The minimum atomic E-state index is -1.02. The summed E-state index contributed by atoms with van der Waals surface area (Å²) in [5, 5.41) is 18.5. The van der Waals surface area contributed by atoms with Crippen LogP contribution in [0.5, 0.6) is 0 Å². The van der Waals surface area contributed by atoms with Crippen molar-refractivity contribution in [1.82, 2.24) is 4.90 Å². The van der Waals surface area contributed by atoms with E-state index in [2.05, 4.69) is 4.90 Å². The van der Waals surface area contributed by atoms with Crippen LogP contribution in [0.4, 0.5) is 5.69 Å². The van der Waals surface area contributed by atoms with E-state index >= 15 is 0 Å². The van der Waals surface area contributed by atoms with Crippen LogP contribution in [-0.2, 0) is 11.3 Å². The normalized spacial score (nSPS) is 23.7. The quantitative estimate of drug-likeness (QED) is 0.697. The second-order valence-corrected chi connectivity index (χ2v) is 5.13. The zero-order valence-corrected chi connectivity index (χ0v) is 11.5. The van der Waals surface area contributed by atoms with Crippen LogP contribution in [0.2, 0.25) is 0 Å². The summed E-state index contributed by atoms with van der Waals surface area (Å²) in [6.45, 7) is 3.66. The van der Waals surface area contributed by atoms with E-state index in [0.29, 0.717) is 25.2 Å². The van der Waals surface area contributed by atoms with Gasteiger partial charge in [0.25, 0.3) is 0 Å². The molecule has 6 nitrogen and oxygen atoms in total. The number of carboxylic acid groups (broad SMARTS) is 1. The summed E-state index contributed by atoms with van der Waals surface area (Å²) in [6.07, 6.45) is -0.219. The van der Waals surface area contributed by atoms with Crippen LogP contribution in [-0.4, -0.2) is 53.0 Å². The first kappa shape index (κ1) is 14.8. The van der Waals surface area contributed by atoms with Gasteiger partial charge in [0.1, 0.15) is 0 Å². The molecule has 1 aromatic carbocycles. The van der Waals surface area contributed by atoms with Crippen molar-refractivity contribution in [2.45, 2.75) is 25.7 Å². The fraction of sp³-hybridized carbons (Fsp3) is 0.500. The van der Waals surface area contributed by atoms with Crippen molar-refractivity contribution < 1.29 is 19.7 Å². The third kappa shape index (κ3) is 3.27. The van der Waals surface area contributed by atoms with Gasteiger partial charge >= 0.3 is 5.97 Å². The van der Waals surface area contributed by atoms with E-state index in [0.717, 1.165) is 0 Å². The van der Waals surface area contributed by atoms with Crippen LogP contribution >= 0.6 is 0 Å². The second-order valence-electron chi connectivity index (χ2n) is 5.13. The van der Waals surface area contributed by atoms with Crippen LogP contribution in [0.3, 0.4) is 0 Å². The highest BCUT2D eigenvalue weighted by atomic mass is 16.5. The lowest BCUT2D eigenvalue weighted by molar-refractivity contribution is -0.0972. The van der Waals surface area contributed by atoms with Crippen LogP contribution in [0.15, 0.2) is 18.2 Å². The number of hydrogen-bond acceptors (Lipinski definition) is 5. The number of hydrogen-bond donors (Lipinski definition) is 3. The van der Waals surface area contributed by atoms with Crippen LogP contribution in [0, 0.1) is 0 Å². The van der Waals surface area contributed by atoms with Crippen molar-refractivity contribution >= 4 is 11.7 Å². The van der Waals surface area contributed by atoms with E-state index in [1.165, 1.54) is 0 Å². The molecule has 2 atom stereocenters. The monoisotopic (exact) mass is 280 g/mol. The summed E-state index contributed by atoms with van der Waals surface area (Å²) in [5.41, 5.74) is 6.86. The molecule has 4 N–H and O–H groups in total. The zero-order valence-electron chi connectivity index (χ0n) is 11.5. The minimum Gasteiger partial charge on any atom is -0.478 e. The maximum atomic E-state index is 11.3. The van der Waals surface area contributed by atoms with Crippen molar-refractivity contribution in [1.29, 1.82) is 0 Å². The molecule has 0 amide bonds. The Morgan fingerprint density at radius 3 is 2.90 bits per heavy atom. The second kappa shape index (κ2) is 6.21. The molecule has 0 aliphatic carbocycles. The molecule has 0 saturated carbocycles. The lowest BCUT2D eigenvalue weighted by atomic mass is 10.0. The number of benzene rings is 1. The van der Waals surface area contributed by atoms with Crippen molar-refractivity contribution in [2.75, 3.05) is 25.4 Å². The summed E-state index contributed by atoms with van der Waals surface area (Å²) in [7, 11) is 0. The maximum absolute atomic E-state index is 11.3. The largest absolute Gasteiger partial charge is 0.478 e. The molecule has 1 heterocycles. The summed E-state index contributed by atoms with van der Waals surface area (Å²) >= 11 is 0. The summed E-state index contributed by atoms with van der Waals surface area (Å²) in [6, 6.07) is 5.11. The van der Waals surface area contributed by atoms with Gasteiger partial charge < -0.3 is 20.7 Å². The number of rotatable bonds is 4. The first-order chi connectivity index (χ1) is 9.51. The molecule has 110 valence electrons. The number of ether oxygens (including phenoxy) is 1. The fourth-order valence-electron chi connectivity index (χ4n) is 2.62. The highest BCUT2D eigenvalue weighted by Gasteiger charge is 2.26. The molecule has 0 radical (unpaired) electrons. The maximum Gasteiger partial charge on any atom is 0.338 e. The molecule has 1 aromatic rings. The molecule has 0 aromatic heterocycles. The Morgan fingerprint density at radius 1 is 1.50 bits per heavy atom. The number of aliphatic hydroxyl groups is 1. The topological polar surface area (TPSA) is 96.0 Å². The lowest BCUT2D eigenvalue weighted by Gasteiger charge is -2.36. The van der Waals surface area contributed by atoms with Crippen molar-refractivity contribution in [3.05, 3.63) is 29.3 Å². The number of carboxylic acids is 1. The number of nitrogen functional groups attached to an aromatic ring is 1. The standard InChI is InChI=1S/C14H20N2O4/c1-9-5-16(7-11(8-17)20-9)6-10-3-2-4-12(15)13(10)14(18)19/h2-4,9,11,17H,5-8,15H2,1H3,(H,18,19). The van der Waals surface area contributed by atoms with Crippen molar-refractivity contribution in [2.24, 2.45) is 0 Å². The average Bonchev–Trinajstić information content (AvgIpc) is 2.37. The highest BCUT2D eigenvalue weighted by molar-refractivity contribution is 5.95. The first-order valence-electron chi connectivity index (χ1n) is 6.60. The predicted octanol–water partition coefficient (Wildman–Crippen LogP) is 0.549. The van der Waals surface area contributed by atoms with Crippen LogP contribution < -0.4 is 5.73 Å². The first-order valence-corrected chi connectivity index (χ1v) is 6.60. The summed E-state index contributed by atoms with van der Waals surface area (Å²) in [4.78, 5) is 13.4. The SMILES string of the molecule is CC1CN(Cc2cccc(N)c2C(=O)O)CC(CO)O1. The number of morpholine rings is 1. The smallest absolute Gasteiger partial charge is 0.338 e. The highest BCUT2D eigenvalue weighted by Crippen LogP contribution is 2.21. The summed E-state index contributed by atoms with van der Waals surface area (Å²) in [5.74, 6) is -1.02. The molecule has 1 aliphatic rings. The Balaban J connectivity index is 2.17. The third-order valence-corrected chi connectivity index (χ3v) is 3.40. The van der Waals surface area contributed by atoms with Gasteiger partial charge in [-0.1, -0.05) is 12.1 Å². The molecule has 20 heavy (non-hydrogen) atoms. The molecule has 2 rings (SSSR count). The lowest BCUT2D eigenvalue weighted by Crippen LogP contribution is -2.47. The Hall–Kier alpha value is -1.63. The van der Waals surface area contributed by atoms with Gasteiger partial charge in [0.15, 0.2) is 0 Å². The Bertz CT molecular complexity index is 492. The van der Waals surface area contributed by atoms with E-state index in [4.69, 9.17) is 10.5 Å². The predicted molar refractivity (Wildman–Crippen MR) is 74.5 cm³/mol. The Morgan fingerprint density at radius 2 is 2.25 bits per heavy atom. The van der Waals surface area contributed by atoms with Gasteiger partial charge in [0, 0.05) is 25.3 Å². The van der Waals surface area contributed by atoms with E-state index in [1.54, 1.807) is 18.2 Å². The minimum absolute atomic E-state index is 0.00948. The fourth-order valence-corrected chi connectivity index (χ4v) is 2.62. The van der Waals surface area contributed by atoms with Gasteiger partial charge in [0.2, 0.25) is 0 Å². The number of anilines is 1. The molecule has 1 fully saturated rings. The molecular weight excluding hydrogens is 260 g/mol. The van der Waals surface area contributed by atoms with Gasteiger partial charge in [-0.15, -0.1) is 0 Å². The zero-order chi connectivity index (χ0) is 14.7. The van der Waals surface area contributed by atoms with Gasteiger partial charge in [0.05, 0.1) is 24.4 Å². The van der Waals surface area contributed by atoms with E-state index in [-0.39, 0.29) is 30.1 Å². The van der Waals surface area contributed by atoms with Gasteiger partial charge in [-0.2, -0.15) is 0 Å². The molecule has 1 aliphatic heterocycles. The number of aromatic carboxylic acids is 1. The Labute approximate surface area is 117 Å². The Kier molecular flexibility index (Phi) is 4.59. The molecular formula is C14H20N2O4. The van der Waals surface area contributed by atoms with Crippen molar-refractivity contribution in [3.8, 4) is 0 Å². The van der Waals surface area contributed by atoms with Gasteiger partial charge in [-0.05, 0) is 18.6 Å². The third-order valence-electron chi connectivity index (χ3n) is 3.40.